The van der Waals surface area contributed by atoms with Gasteiger partial charge in [0, 0.05) is 33.8 Å². The Kier molecular flexibility index (Phi) is 5.89. The summed E-state index contributed by atoms with van der Waals surface area (Å²) in [5.41, 5.74) is 4.82. The minimum atomic E-state index is -0.274. The molecule has 1 heterocycles. The molecule has 0 bridgehead atoms. The van der Waals surface area contributed by atoms with E-state index in [9.17, 15) is 4.79 Å². The van der Waals surface area contributed by atoms with E-state index in [1.54, 1.807) is 35.6 Å². The van der Waals surface area contributed by atoms with Gasteiger partial charge in [0.1, 0.15) is 5.01 Å². The number of nitrogens with zero attached hydrogens (tertiary/aromatic N) is 1. The summed E-state index contributed by atoms with van der Waals surface area (Å²) in [6.07, 6.45) is 0. The molecular weight excluding hydrogens is 402 g/mol. The number of nitrogens with one attached hydrogen (secondary N) is 2. The van der Waals surface area contributed by atoms with Crippen LogP contribution in [-0.4, -0.2) is 11.0 Å². The molecule has 6 heteroatoms. The molecule has 0 aliphatic carbocycles. The lowest BCUT2D eigenvalue weighted by atomic mass is 10.1. The zero-order valence-electron chi connectivity index (χ0n) is 15.4. The number of carbonyl (C=O) groups is 1. The third-order valence-corrected chi connectivity index (χ3v) is 5.44. The highest BCUT2D eigenvalue weighted by molar-refractivity contribution is 7.13. The molecule has 0 fully saturated rings. The molecule has 4 rings (SSSR count). The zero-order valence-corrected chi connectivity index (χ0v) is 17.0. The van der Waals surface area contributed by atoms with Crippen molar-refractivity contribution in [3.63, 3.8) is 0 Å². The molecule has 4 nitrogen and oxygen atoms in total. The highest BCUT2D eigenvalue weighted by atomic mass is 35.5. The molecule has 0 unspecified atom stereocenters. The van der Waals surface area contributed by atoms with Crippen molar-refractivity contribution in [2.45, 2.75) is 6.54 Å². The van der Waals surface area contributed by atoms with E-state index in [0.717, 1.165) is 27.4 Å². The van der Waals surface area contributed by atoms with Crippen LogP contribution in [0.4, 0.5) is 10.5 Å². The van der Waals surface area contributed by atoms with E-state index in [1.807, 2.05) is 42.5 Å². The van der Waals surface area contributed by atoms with Gasteiger partial charge in [-0.2, -0.15) is 0 Å². The van der Waals surface area contributed by atoms with Crippen LogP contribution in [0.2, 0.25) is 5.02 Å². The van der Waals surface area contributed by atoms with Crippen molar-refractivity contribution in [1.29, 1.82) is 0 Å². The fraction of sp³-hybridized carbons (Fsp3) is 0.0435. The van der Waals surface area contributed by atoms with Crippen molar-refractivity contribution in [3.8, 4) is 21.8 Å². The van der Waals surface area contributed by atoms with E-state index >= 15 is 0 Å². The minimum absolute atomic E-state index is 0.274. The van der Waals surface area contributed by atoms with E-state index in [2.05, 4.69) is 28.1 Å². The summed E-state index contributed by atoms with van der Waals surface area (Å²) in [7, 11) is 0. The van der Waals surface area contributed by atoms with Gasteiger partial charge in [0.05, 0.1) is 5.69 Å². The Labute approximate surface area is 178 Å². The van der Waals surface area contributed by atoms with Gasteiger partial charge >= 0.3 is 6.03 Å². The topological polar surface area (TPSA) is 54.0 Å². The van der Waals surface area contributed by atoms with Gasteiger partial charge in [0.15, 0.2) is 0 Å². The zero-order chi connectivity index (χ0) is 20.1. The van der Waals surface area contributed by atoms with Gasteiger partial charge in [-0.1, -0.05) is 72.3 Å². The molecule has 0 saturated heterocycles. The maximum absolute atomic E-state index is 12.0. The Morgan fingerprint density at radius 1 is 0.931 bits per heavy atom. The predicted molar refractivity (Wildman–Crippen MR) is 120 cm³/mol. The van der Waals surface area contributed by atoms with E-state index in [1.165, 1.54) is 0 Å². The molecule has 0 atom stereocenters. The highest BCUT2D eigenvalue weighted by Gasteiger charge is 2.07. The van der Waals surface area contributed by atoms with E-state index in [0.29, 0.717) is 17.3 Å². The molecule has 3 aromatic carbocycles. The Balaban J connectivity index is 1.36. The van der Waals surface area contributed by atoms with Crippen LogP contribution in [0.5, 0.6) is 0 Å². The maximum Gasteiger partial charge on any atom is 0.319 e. The molecule has 2 amide bonds. The second-order valence-corrected chi connectivity index (χ2v) is 7.71. The van der Waals surface area contributed by atoms with Gasteiger partial charge in [-0.3, -0.25) is 0 Å². The Morgan fingerprint density at radius 3 is 2.48 bits per heavy atom. The van der Waals surface area contributed by atoms with E-state index in [-0.39, 0.29) is 6.03 Å². The molecule has 144 valence electrons. The van der Waals surface area contributed by atoms with Crippen LogP contribution in [0.15, 0.2) is 84.2 Å². The summed E-state index contributed by atoms with van der Waals surface area (Å²) in [5, 5.41) is 9.23. The van der Waals surface area contributed by atoms with Crippen LogP contribution >= 0.6 is 22.9 Å². The second-order valence-electron chi connectivity index (χ2n) is 6.42. The summed E-state index contributed by atoms with van der Waals surface area (Å²) in [5.74, 6) is 0. The van der Waals surface area contributed by atoms with Crippen molar-refractivity contribution < 1.29 is 4.79 Å². The number of anilines is 1. The number of halogens is 1. The SMILES string of the molecule is O=C(NCc1ccc(-c2nc(-c3ccccc3)cs2)cc1)Nc1cccc(Cl)c1. The number of carbonyl (C=O) groups excluding carboxylic acids is 1. The lowest BCUT2D eigenvalue weighted by Gasteiger charge is -2.08. The first-order valence-corrected chi connectivity index (χ1v) is 10.3. The number of rotatable bonds is 5. The van der Waals surface area contributed by atoms with Gasteiger partial charge in [-0.25, -0.2) is 9.78 Å². The molecule has 0 aliphatic rings. The fourth-order valence-electron chi connectivity index (χ4n) is 2.84. The van der Waals surface area contributed by atoms with Crippen LogP contribution in [0.25, 0.3) is 21.8 Å². The molecule has 0 spiro atoms. The molecule has 4 aromatic rings. The standard InChI is InChI=1S/C23H18ClN3OS/c24-19-7-4-8-20(13-19)26-23(28)25-14-16-9-11-18(12-10-16)22-27-21(15-29-22)17-5-2-1-3-6-17/h1-13,15H,14H2,(H2,25,26,28). The summed E-state index contributed by atoms with van der Waals surface area (Å²) in [4.78, 5) is 16.8. The van der Waals surface area contributed by atoms with Gasteiger partial charge in [-0.15, -0.1) is 11.3 Å². The molecular formula is C23H18ClN3OS. The molecule has 0 radical (unpaired) electrons. The largest absolute Gasteiger partial charge is 0.334 e. The summed E-state index contributed by atoms with van der Waals surface area (Å²) in [6.45, 7) is 0.430. The lowest BCUT2D eigenvalue weighted by Crippen LogP contribution is -2.28. The first kappa shape index (κ1) is 19.2. The third-order valence-electron chi connectivity index (χ3n) is 4.31. The Hall–Kier alpha value is -3.15. The number of aromatic nitrogens is 1. The summed E-state index contributed by atoms with van der Waals surface area (Å²) < 4.78 is 0. The van der Waals surface area contributed by atoms with E-state index < -0.39 is 0 Å². The van der Waals surface area contributed by atoms with Crippen molar-refractivity contribution >= 4 is 34.7 Å². The third kappa shape index (κ3) is 5.02. The number of amides is 2. The monoisotopic (exact) mass is 419 g/mol. The van der Waals surface area contributed by atoms with Gasteiger partial charge in [0.2, 0.25) is 0 Å². The van der Waals surface area contributed by atoms with Crippen molar-refractivity contribution in [2.24, 2.45) is 0 Å². The number of hydrogen-bond donors (Lipinski definition) is 2. The summed E-state index contributed by atoms with van der Waals surface area (Å²) in [6, 6.07) is 25.0. The maximum atomic E-state index is 12.0. The predicted octanol–water partition coefficient (Wildman–Crippen LogP) is 6.45. The second kappa shape index (κ2) is 8.90. The number of thiazole rings is 1. The Morgan fingerprint density at radius 2 is 1.72 bits per heavy atom. The normalized spacial score (nSPS) is 10.5. The van der Waals surface area contributed by atoms with Crippen molar-refractivity contribution in [3.05, 3.63) is 94.8 Å². The van der Waals surface area contributed by atoms with E-state index in [4.69, 9.17) is 16.6 Å². The highest BCUT2D eigenvalue weighted by Crippen LogP contribution is 2.28. The molecule has 29 heavy (non-hydrogen) atoms. The molecule has 1 aromatic heterocycles. The molecule has 0 saturated carbocycles. The summed E-state index contributed by atoms with van der Waals surface area (Å²) >= 11 is 7.55. The quantitative estimate of drug-likeness (QED) is 0.390. The number of hydrogen-bond acceptors (Lipinski definition) is 3. The Bertz CT molecular complexity index is 1110. The van der Waals surface area contributed by atoms with Crippen molar-refractivity contribution in [1.82, 2.24) is 10.3 Å². The minimum Gasteiger partial charge on any atom is -0.334 e. The first-order chi connectivity index (χ1) is 14.2. The van der Waals surface area contributed by atoms with Crippen LogP contribution in [0.1, 0.15) is 5.56 Å². The van der Waals surface area contributed by atoms with Crippen LogP contribution in [0, 0.1) is 0 Å². The smallest absolute Gasteiger partial charge is 0.319 e. The van der Waals surface area contributed by atoms with Gasteiger partial charge < -0.3 is 10.6 Å². The van der Waals surface area contributed by atoms with Gasteiger partial charge in [-0.05, 0) is 23.8 Å². The number of urea groups is 1. The number of benzene rings is 3. The van der Waals surface area contributed by atoms with Crippen LogP contribution in [0.3, 0.4) is 0 Å². The van der Waals surface area contributed by atoms with Gasteiger partial charge in [0.25, 0.3) is 0 Å². The van der Waals surface area contributed by atoms with Crippen molar-refractivity contribution in [2.75, 3.05) is 5.32 Å². The average molecular weight is 420 g/mol. The fourth-order valence-corrected chi connectivity index (χ4v) is 3.86. The average Bonchev–Trinajstić information content (AvgIpc) is 3.24. The first-order valence-electron chi connectivity index (χ1n) is 9.08. The lowest BCUT2D eigenvalue weighted by molar-refractivity contribution is 0.251. The molecule has 2 N–H and O–H groups in total. The molecule has 0 aliphatic heterocycles. The van der Waals surface area contributed by atoms with Crippen LogP contribution < -0.4 is 10.6 Å². The van der Waals surface area contributed by atoms with Crippen LogP contribution in [-0.2, 0) is 6.54 Å².